The molecule has 0 bridgehead atoms. The second-order valence-corrected chi connectivity index (χ2v) is 13.4. The molecule has 0 saturated carbocycles. The van der Waals surface area contributed by atoms with Gasteiger partial charge in [0, 0.05) is 28.2 Å². The molecule has 11 heteroatoms. The van der Waals surface area contributed by atoms with Crippen molar-refractivity contribution in [1.29, 1.82) is 0 Å². The van der Waals surface area contributed by atoms with Crippen LogP contribution in [0.1, 0.15) is 37.5 Å². The number of carbonyl (C=O) groups is 2. The van der Waals surface area contributed by atoms with E-state index >= 15 is 0 Å². The van der Waals surface area contributed by atoms with E-state index < -0.39 is 28.5 Å². The number of halogens is 3. The van der Waals surface area contributed by atoms with Gasteiger partial charge in [0.1, 0.15) is 12.6 Å². The summed E-state index contributed by atoms with van der Waals surface area (Å²) in [7, 11) is -4.21. The van der Waals surface area contributed by atoms with Crippen molar-refractivity contribution in [2.45, 2.75) is 52.1 Å². The largest absolute Gasteiger partial charge is 0.354 e. The molecule has 0 aliphatic carbocycles. The van der Waals surface area contributed by atoms with Crippen LogP contribution in [0.15, 0.2) is 65.6 Å². The number of benzene rings is 3. The number of nitrogens with one attached hydrogen (secondary N) is 1. The number of nitrogens with zero attached hydrogens (tertiary/aromatic N) is 2. The minimum atomic E-state index is -4.21. The molecule has 7 nitrogen and oxygen atoms in total. The number of hydrogen-bond donors (Lipinski definition) is 1. The quantitative estimate of drug-likeness (QED) is 0.255. The van der Waals surface area contributed by atoms with Crippen LogP contribution >= 0.6 is 34.8 Å². The first-order valence-electron chi connectivity index (χ1n) is 13.1. The van der Waals surface area contributed by atoms with Gasteiger partial charge in [-0.1, -0.05) is 78.5 Å². The first kappa shape index (κ1) is 32.7. The second kappa shape index (κ2) is 13.9. The molecule has 0 saturated heterocycles. The molecule has 3 aromatic rings. The van der Waals surface area contributed by atoms with Gasteiger partial charge in [-0.2, -0.15) is 0 Å². The van der Waals surface area contributed by atoms with Crippen LogP contribution in [0.2, 0.25) is 15.1 Å². The number of aryl methyl sites for hydroxylation is 1. The predicted molar refractivity (Wildman–Crippen MR) is 166 cm³/mol. The van der Waals surface area contributed by atoms with Crippen LogP contribution in [-0.4, -0.2) is 44.3 Å². The van der Waals surface area contributed by atoms with Crippen LogP contribution in [-0.2, 0) is 26.2 Å². The van der Waals surface area contributed by atoms with E-state index in [1.165, 1.54) is 17.0 Å². The first-order valence-corrected chi connectivity index (χ1v) is 15.7. The molecule has 1 atom stereocenters. The lowest BCUT2D eigenvalue weighted by Crippen LogP contribution is -2.51. The Kier molecular flexibility index (Phi) is 11.1. The zero-order valence-electron chi connectivity index (χ0n) is 23.6. The smallest absolute Gasteiger partial charge is 0.264 e. The van der Waals surface area contributed by atoms with Gasteiger partial charge in [-0.15, -0.1) is 0 Å². The summed E-state index contributed by atoms with van der Waals surface area (Å²) in [6.45, 7) is 8.86. The monoisotopic (exact) mass is 637 g/mol. The minimum absolute atomic E-state index is 0.0188. The summed E-state index contributed by atoms with van der Waals surface area (Å²) >= 11 is 18.9. The highest BCUT2D eigenvalue weighted by Gasteiger charge is 2.33. The van der Waals surface area contributed by atoms with Gasteiger partial charge in [0.2, 0.25) is 11.8 Å². The van der Waals surface area contributed by atoms with Crippen molar-refractivity contribution in [2.75, 3.05) is 17.4 Å². The number of hydrogen-bond acceptors (Lipinski definition) is 4. The molecule has 0 aromatic heterocycles. The van der Waals surface area contributed by atoms with Crippen molar-refractivity contribution >= 4 is 62.3 Å². The molecular formula is C30H34Cl3N3O4S. The Morgan fingerprint density at radius 3 is 2.17 bits per heavy atom. The summed E-state index contributed by atoms with van der Waals surface area (Å²) < 4.78 is 29.0. The molecule has 0 heterocycles. The van der Waals surface area contributed by atoms with Crippen LogP contribution in [0.4, 0.5) is 5.69 Å². The van der Waals surface area contributed by atoms with Crippen molar-refractivity contribution in [3.05, 3.63) is 92.4 Å². The van der Waals surface area contributed by atoms with Crippen molar-refractivity contribution in [1.82, 2.24) is 10.2 Å². The van der Waals surface area contributed by atoms with E-state index in [1.807, 2.05) is 20.8 Å². The summed E-state index contributed by atoms with van der Waals surface area (Å²) in [5.41, 5.74) is 2.19. The highest BCUT2D eigenvalue weighted by atomic mass is 35.5. The van der Waals surface area contributed by atoms with Crippen molar-refractivity contribution < 1.29 is 18.0 Å². The van der Waals surface area contributed by atoms with E-state index in [-0.39, 0.29) is 29.0 Å². The molecule has 3 rings (SSSR count). The Balaban J connectivity index is 2.08. The topological polar surface area (TPSA) is 86.8 Å². The zero-order chi connectivity index (χ0) is 30.5. The Labute approximate surface area is 257 Å². The van der Waals surface area contributed by atoms with E-state index in [4.69, 9.17) is 34.8 Å². The van der Waals surface area contributed by atoms with E-state index in [0.29, 0.717) is 32.7 Å². The van der Waals surface area contributed by atoms with Gasteiger partial charge < -0.3 is 10.2 Å². The SMILES string of the molecule is Cc1ccc(S(=O)(=O)N(CC(=O)N(Cc2ccc(Cl)cc2Cl)C(C)C(=O)NCC(C)C)c2cccc(Cl)c2C)cc1. The van der Waals surface area contributed by atoms with Crippen LogP contribution < -0.4 is 9.62 Å². The molecule has 0 spiro atoms. The maximum atomic E-state index is 14.1. The molecular weight excluding hydrogens is 605 g/mol. The van der Waals surface area contributed by atoms with E-state index in [0.717, 1.165) is 9.87 Å². The fourth-order valence-electron chi connectivity index (χ4n) is 4.09. The number of anilines is 1. The maximum absolute atomic E-state index is 14.1. The molecule has 41 heavy (non-hydrogen) atoms. The van der Waals surface area contributed by atoms with E-state index in [2.05, 4.69) is 5.32 Å². The van der Waals surface area contributed by atoms with Gasteiger partial charge in [0.15, 0.2) is 0 Å². The van der Waals surface area contributed by atoms with Gasteiger partial charge in [0.25, 0.3) is 10.0 Å². The van der Waals surface area contributed by atoms with Gasteiger partial charge in [0.05, 0.1) is 10.6 Å². The molecule has 0 fully saturated rings. The van der Waals surface area contributed by atoms with E-state index in [1.54, 1.807) is 62.4 Å². The van der Waals surface area contributed by atoms with Crippen LogP contribution in [0.3, 0.4) is 0 Å². The Morgan fingerprint density at radius 2 is 1.56 bits per heavy atom. The van der Waals surface area contributed by atoms with Crippen LogP contribution in [0.25, 0.3) is 0 Å². The predicted octanol–water partition coefficient (Wildman–Crippen LogP) is 6.65. The van der Waals surface area contributed by atoms with Gasteiger partial charge in [-0.3, -0.25) is 13.9 Å². The van der Waals surface area contributed by atoms with Crippen molar-refractivity contribution in [3.63, 3.8) is 0 Å². The summed E-state index contributed by atoms with van der Waals surface area (Å²) in [4.78, 5) is 28.5. The Hall–Kier alpha value is -2.78. The third-order valence-electron chi connectivity index (χ3n) is 6.60. The third-order valence-corrected chi connectivity index (χ3v) is 9.37. The Bertz CT molecular complexity index is 1510. The molecule has 220 valence electrons. The lowest BCUT2D eigenvalue weighted by molar-refractivity contribution is -0.139. The molecule has 1 unspecified atom stereocenters. The standard InChI is InChI=1S/C30H34Cl3N3O4S/c1-19(2)16-34-30(38)22(5)35(17-23-11-12-24(31)15-27(23)33)29(37)18-36(28-8-6-7-26(32)21(28)4)41(39,40)25-13-9-20(3)10-14-25/h6-15,19,22H,16-18H2,1-5H3,(H,34,38). The lowest BCUT2D eigenvalue weighted by Gasteiger charge is -2.32. The average molecular weight is 639 g/mol. The first-order chi connectivity index (χ1) is 19.2. The zero-order valence-corrected chi connectivity index (χ0v) is 26.7. The fraction of sp³-hybridized carbons (Fsp3) is 0.333. The second-order valence-electron chi connectivity index (χ2n) is 10.3. The normalized spacial score (nSPS) is 12.2. The number of sulfonamides is 1. The average Bonchev–Trinajstić information content (AvgIpc) is 2.91. The Morgan fingerprint density at radius 1 is 0.902 bits per heavy atom. The molecule has 1 N–H and O–H groups in total. The maximum Gasteiger partial charge on any atom is 0.264 e. The molecule has 0 aliphatic rings. The fourth-order valence-corrected chi connectivity index (χ4v) is 6.19. The highest BCUT2D eigenvalue weighted by molar-refractivity contribution is 7.92. The van der Waals surface area contributed by atoms with Gasteiger partial charge >= 0.3 is 0 Å². The number of carbonyl (C=O) groups excluding carboxylic acids is 2. The van der Waals surface area contributed by atoms with Gasteiger partial charge in [-0.25, -0.2) is 8.42 Å². The highest BCUT2D eigenvalue weighted by Crippen LogP contribution is 2.31. The summed E-state index contributed by atoms with van der Waals surface area (Å²) in [6, 6.07) is 15.2. The number of rotatable bonds is 11. The molecule has 0 aliphatic heterocycles. The molecule has 3 aromatic carbocycles. The van der Waals surface area contributed by atoms with Crippen molar-refractivity contribution in [3.8, 4) is 0 Å². The van der Waals surface area contributed by atoms with E-state index in [9.17, 15) is 18.0 Å². The van der Waals surface area contributed by atoms with Crippen molar-refractivity contribution in [2.24, 2.45) is 5.92 Å². The third kappa shape index (κ3) is 8.16. The van der Waals surface area contributed by atoms with Gasteiger partial charge in [-0.05, 0) is 74.2 Å². The lowest BCUT2D eigenvalue weighted by atomic mass is 10.1. The molecule has 0 radical (unpaired) electrons. The summed E-state index contributed by atoms with van der Waals surface area (Å²) in [6.07, 6.45) is 0. The summed E-state index contributed by atoms with van der Waals surface area (Å²) in [5.74, 6) is -0.774. The van der Waals surface area contributed by atoms with Crippen LogP contribution in [0.5, 0.6) is 0 Å². The minimum Gasteiger partial charge on any atom is -0.354 e. The number of amides is 2. The summed E-state index contributed by atoms with van der Waals surface area (Å²) in [5, 5.41) is 3.95. The van der Waals surface area contributed by atoms with Crippen LogP contribution in [0, 0.1) is 19.8 Å². The molecule has 2 amide bonds.